The first-order valence-electron chi connectivity index (χ1n) is 12.2. The van der Waals surface area contributed by atoms with Gasteiger partial charge in [-0.3, -0.25) is 9.59 Å². The van der Waals surface area contributed by atoms with Gasteiger partial charge >= 0.3 is 0 Å². The summed E-state index contributed by atoms with van der Waals surface area (Å²) in [4.78, 5) is 28.7. The topological polar surface area (TPSA) is 99.9 Å². The van der Waals surface area contributed by atoms with Gasteiger partial charge in [0, 0.05) is 32.6 Å². The van der Waals surface area contributed by atoms with Crippen molar-refractivity contribution in [1.82, 2.24) is 4.72 Å². The predicted octanol–water partition coefficient (Wildman–Crippen LogP) is 4.71. The Morgan fingerprint density at radius 2 is 1.78 bits per heavy atom. The standard InChI is InChI=1S/C27H33N3O5S/c1-6-30(21-9-7-8-10-24(21)36(33,34)28-19(3)31)22-16-18(2)15-20-23(32)17-25(35-26(20)22)29-13-11-27(4,5)12-14-29/h7-10,15-17H,6,11-14H2,1-5H3,(H,28,31). The molecule has 0 radical (unpaired) electrons. The number of rotatable bonds is 6. The molecule has 0 spiro atoms. The maximum atomic E-state index is 13.2. The zero-order valence-corrected chi connectivity index (χ0v) is 22.2. The van der Waals surface area contributed by atoms with E-state index in [2.05, 4.69) is 18.7 Å². The summed E-state index contributed by atoms with van der Waals surface area (Å²) in [7, 11) is -4.10. The molecule has 8 nitrogen and oxygen atoms in total. The normalized spacial score (nSPS) is 15.6. The molecule has 1 N–H and O–H groups in total. The van der Waals surface area contributed by atoms with Gasteiger partial charge in [-0.2, -0.15) is 0 Å². The van der Waals surface area contributed by atoms with Crippen molar-refractivity contribution >= 4 is 44.2 Å². The van der Waals surface area contributed by atoms with Gasteiger partial charge in [0.05, 0.1) is 16.8 Å². The third-order valence-electron chi connectivity index (χ3n) is 6.70. The largest absolute Gasteiger partial charge is 0.438 e. The molecular formula is C27H33N3O5S. The average Bonchev–Trinajstić information content (AvgIpc) is 2.79. The third-order valence-corrected chi connectivity index (χ3v) is 8.18. The SMILES string of the molecule is CCN(c1ccccc1S(=O)(=O)NC(C)=O)c1cc(C)cc2c(=O)cc(N3CCC(C)(C)CC3)oc12. The Morgan fingerprint density at radius 3 is 2.42 bits per heavy atom. The number of carbonyl (C=O) groups is 1. The number of hydrogen-bond donors (Lipinski definition) is 1. The first kappa shape index (κ1) is 25.8. The van der Waals surface area contributed by atoms with E-state index in [0.29, 0.717) is 34.8 Å². The van der Waals surface area contributed by atoms with E-state index in [9.17, 15) is 18.0 Å². The number of hydrogen-bond acceptors (Lipinski definition) is 7. The summed E-state index contributed by atoms with van der Waals surface area (Å²) in [6.07, 6.45) is 1.98. The average molecular weight is 512 g/mol. The molecule has 0 bridgehead atoms. The van der Waals surface area contributed by atoms with E-state index >= 15 is 0 Å². The van der Waals surface area contributed by atoms with Crippen molar-refractivity contribution in [2.45, 2.75) is 52.4 Å². The van der Waals surface area contributed by atoms with Crippen LogP contribution in [-0.4, -0.2) is 34.0 Å². The van der Waals surface area contributed by atoms with Crippen molar-refractivity contribution in [2.75, 3.05) is 29.4 Å². The molecular weight excluding hydrogens is 478 g/mol. The van der Waals surface area contributed by atoms with E-state index in [1.54, 1.807) is 35.2 Å². The van der Waals surface area contributed by atoms with Crippen LogP contribution in [0.25, 0.3) is 11.0 Å². The number of para-hydroxylation sites is 1. The van der Waals surface area contributed by atoms with Crippen LogP contribution in [0.1, 0.15) is 46.1 Å². The van der Waals surface area contributed by atoms with Gasteiger partial charge in [-0.25, -0.2) is 13.1 Å². The van der Waals surface area contributed by atoms with Gasteiger partial charge in [0.15, 0.2) is 16.9 Å². The number of nitrogens with zero attached hydrogens (tertiary/aromatic N) is 2. The first-order chi connectivity index (χ1) is 16.9. The smallest absolute Gasteiger partial charge is 0.266 e. The monoisotopic (exact) mass is 511 g/mol. The van der Waals surface area contributed by atoms with Crippen LogP contribution in [0.4, 0.5) is 17.3 Å². The number of carbonyl (C=O) groups excluding carboxylic acids is 1. The second-order valence-corrected chi connectivity index (χ2v) is 11.8. The number of piperidine rings is 1. The highest BCUT2D eigenvalue weighted by Crippen LogP contribution is 2.38. The molecule has 0 unspecified atom stereocenters. The van der Waals surface area contributed by atoms with Crippen LogP contribution in [0.2, 0.25) is 0 Å². The molecule has 0 atom stereocenters. The summed E-state index contributed by atoms with van der Waals surface area (Å²) in [6.45, 7) is 11.4. The van der Waals surface area contributed by atoms with Crippen LogP contribution >= 0.6 is 0 Å². The fraction of sp³-hybridized carbons (Fsp3) is 0.407. The summed E-state index contributed by atoms with van der Waals surface area (Å²) in [5.41, 5.74) is 2.33. The molecule has 3 aromatic rings. The van der Waals surface area contributed by atoms with Crippen LogP contribution in [0.15, 0.2) is 56.6 Å². The molecule has 0 aliphatic carbocycles. The fourth-order valence-corrected chi connectivity index (χ4v) is 5.88. The Bertz CT molecular complexity index is 1470. The lowest BCUT2D eigenvalue weighted by Crippen LogP contribution is -2.37. The van der Waals surface area contributed by atoms with E-state index in [1.165, 1.54) is 6.07 Å². The Kier molecular flexibility index (Phi) is 6.88. The molecule has 1 amide bonds. The second-order valence-electron chi connectivity index (χ2n) is 10.1. The number of anilines is 3. The number of amides is 1. The van der Waals surface area contributed by atoms with Crippen LogP contribution in [0.5, 0.6) is 0 Å². The molecule has 9 heteroatoms. The van der Waals surface area contributed by atoms with Crippen molar-refractivity contribution in [3.63, 3.8) is 0 Å². The number of aryl methyl sites for hydroxylation is 1. The van der Waals surface area contributed by atoms with E-state index < -0.39 is 15.9 Å². The molecule has 1 aliphatic heterocycles. The molecule has 4 rings (SSSR count). The number of sulfonamides is 1. The van der Waals surface area contributed by atoms with Gasteiger partial charge in [-0.05, 0) is 61.9 Å². The lowest BCUT2D eigenvalue weighted by Gasteiger charge is -2.37. The van der Waals surface area contributed by atoms with Gasteiger partial charge in [0.1, 0.15) is 4.90 Å². The molecule has 36 heavy (non-hydrogen) atoms. The fourth-order valence-electron chi connectivity index (χ4n) is 4.68. The molecule has 2 aromatic carbocycles. The lowest BCUT2D eigenvalue weighted by atomic mass is 9.83. The van der Waals surface area contributed by atoms with Gasteiger partial charge in [0.25, 0.3) is 10.0 Å². The Morgan fingerprint density at radius 1 is 1.11 bits per heavy atom. The van der Waals surface area contributed by atoms with Crippen molar-refractivity contribution in [3.05, 3.63) is 58.3 Å². The van der Waals surface area contributed by atoms with E-state index in [0.717, 1.165) is 38.4 Å². The number of fused-ring (bicyclic) bond motifs is 1. The highest BCUT2D eigenvalue weighted by molar-refractivity contribution is 7.90. The van der Waals surface area contributed by atoms with E-state index in [4.69, 9.17) is 4.42 Å². The van der Waals surface area contributed by atoms with Crippen molar-refractivity contribution in [3.8, 4) is 0 Å². The van der Waals surface area contributed by atoms with Crippen molar-refractivity contribution < 1.29 is 17.6 Å². The lowest BCUT2D eigenvalue weighted by molar-refractivity contribution is -0.117. The van der Waals surface area contributed by atoms with E-state index in [-0.39, 0.29) is 15.7 Å². The molecule has 0 saturated carbocycles. The van der Waals surface area contributed by atoms with Crippen molar-refractivity contribution in [2.24, 2.45) is 5.41 Å². The summed E-state index contributed by atoms with van der Waals surface area (Å²) < 4.78 is 34.4. The zero-order chi connectivity index (χ0) is 26.3. The Labute approximate surface area is 212 Å². The minimum absolute atomic E-state index is 0.0338. The maximum absolute atomic E-state index is 13.2. The molecule has 1 aromatic heterocycles. The molecule has 192 valence electrons. The van der Waals surface area contributed by atoms with E-state index in [1.807, 2.05) is 24.6 Å². The molecule has 1 fully saturated rings. The third kappa shape index (κ3) is 5.11. The van der Waals surface area contributed by atoms with Gasteiger partial charge in [0.2, 0.25) is 5.91 Å². The summed E-state index contributed by atoms with van der Waals surface area (Å²) in [5.74, 6) is -0.155. The minimum Gasteiger partial charge on any atom is -0.438 e. The maximum Gasteiger partial charge on any atom is 0.266 e. The number of nitrogens with one attached hydrogen (secondary N) is 1. The van der Waals surface area contributed by atoms with Gasteiger partial charge < -0.3 is 14.2 Å². The number of benzene rings is 2. The summed E-state index contributed by atoms with van der Waals surface area (Å²) in [5, 5.41) is 0.437. The van der Waals surface area contributed by atoms with Crippen LogP contribution < -0.4 is 20.0 Å². The predicted molar refractivity (Wildman–Crippen MR) is 143 cm³/mol. The molecule has 1 saturated heterocycles. The van der Waals surface area contributed by atoms with Crippen molar-refractivity contribution in [1.29, 1.82) is 0 Å². The molecule has 1 aliphatic rings. The van der Waals surface area contributed by atoms with Gasteiger partial charge in [-0.1, -0.05) is 26.0 Å². The van der Waals surface area contributed by atoms with Crippen LogP contribution in [0, 0.1) is 12.3 Å². The van der Waals surface area contributed by atoms with Gasteiger partial charge in [-0.15, -0.1) is 0 Å². The summed E-state index contributed by atoms with van der Waals surface area (Å²) in [6, 6.07) is 11.7. The molecule has 2 heterocycles. The van der Waals surface area contributed by atoms with Crippen LogP contribution in [-0.2, 0) is 14.8 Å². The highest BCUT2D eigenvalue weighted by atomic mass is 32.2. The zero-order valence-electron chi connectivity index (χ0n) is 21.4. The Balaban J connectivity index is 1.89. The van der Waals surface area contributed by atoms with Crippen LogP contribution in [0.3, 0.4) is 0 Å². The minimum atomic E-state index is -4.10. The second kappa shape index (κ2) is 9.61. The highest BCUT2D eigenvalue weighted by Gasteiger charge is 2.28. The Hall–Kier alpha value is -3.33. The quantitative estimate of drug-likeness (QED) is 0.512. The first-order valence-corrected chi connectivity index (χ1v) is 13.6. The summed E-state index contributed by atoms with van der Waals surface area (Å²) >= 11 is 0.